The summed E-state index contributed by atoms with van der Waals surface area (Å²) in [4.78, 5) is 11.1. The lowest BCUT2D eigenvalue weighted by atomic mass is 9.92. The molecule has 1 heterocycles. The minimum atomic E-state index is -4.65. The number of hydrogen-bond acceptors (Lipinski definition) is 3. The van der Waals surface area contributed by atoms with Crippen LogP contribution in [0.15, 0.2) is 12.2 Å². The normalized spacial score (nSPS) is 27.4. The predicted molar refractivity (Wildman–Crippen MR) is 42.6 cm³/mol. The van der Waals surface area contributed by atoms with Gasteiger partial charge in [0.1, 0.15) is 0 Å². The van der Waals surface area contributed by atoms with Gasteiger partial charge >= 0.3 is 12.1 Å². The Balaban J connectivity index is 3.02. The van der Waals surface area contributed by atoms with Crippen molar-refractivity contribution < 1.29 is 22.7 Å². The molecule has 0 unspecified atom stereocenters. The van der Waals surface area contributed by atoms with Crippen molar-refractivity contribution in [3.63, 3.8) is 0 Å². The summed E-state index contributed by atoms with van der Waals surface area (Å²) in [6.45, 7) is 0.00854. The second-order valence-corrected chi connectivity index (χ2v) is 2.95. The average molecular weight is 209 g/mol. The molecule has 0 radical (unpaired) electrons. The number of carbonyl (C=O) groups excluding carboxylic acids is 1. The summed E-state index contributed by atoms with van der Waals surface area (Å²) in [7, 11) is 0.940. The molecular formula is C8H10F3NO2. The first-order valence-electron chi connectivity index (χ1n) is 3.99. The van der Waals surface area contributed by atoms with Gasteiger partial charge in [-0.1, -0.05) is 12.2 Å². The molecule has 1 aliphatic heterocycles. The largest absolute Gasteiger partial charge is 0.467 e. The number of ether oxygens (including phenoxy) is 1. The second kappa shape index (κ2) is 3.61. The maximum atomic E-state index is 12.6. The zero-order valence-corrected chi connectivity index (χ0v) is 7.52. The molecule has 0 aliphatic carbocycles. The Bertz CT molecular complexity index is 262. The molecule has 0 spiro atoms. The maximum absolute atomic E-state index is 12.6. The Morgan fingerprint density at radius 1 is 1.50 bits per heavy atom. The van der Waals surface area contributed by atoms with Crippen LogP contribution >= 0.6 is 0 Å². The number of nitrogens with one attached hydrogen (secondary N) is 1. The fraction of sp³-hybridized carbons (Fsp3) is 0.625. The zero-order chi connectivity index (χ0) is 10.8. The molecule has 6 heteroatoms. The Hall–Kier alpha value is -1.04. The molecule has 0 saturated carbocycles. The van der Waals surface area contributed by atoms with Crippen molar-refractivity contribution in [2.75, 3.05) is 13.7 Å². The molecule has 0 bridgehead atoms. The van der Waals surface area contributed by atoms with E-state index in [0.29, 0.717) is 0 Å². The lowest BCUT2D eigenvalue weighted by molar-refractivity contribution is -0.211. The molecule has 1 aliphatic rings. The zero-order valence-electron chi connectivity index (χ0n) is 7.52. The molecule has 0 amide bonds. The third-order valence-electron chi connectivity index (χ3n) is 2.13. The van der Waals surface area contributed by atoms with Crippen molar-refractivity contribution in [2.24, 2.45) is 0 Å². The third-order valence-corrected chi connectivity index (χ3v) is 2.13. The molecule has 1 rings (SSSR count). The van der Waals surface area contributed by atoms with Crippen LogP contribution in [0.5, 0.6) is 0 Å². The number of halogens is 3. The highest BCUT2D eigenvalue weighted by atomic mass is 19.4. The van der Waals surface area contributed by atoms with E-state index in [1.165, 1.54) is 12.2 Å². The van der Waals surface area contributed by atoms with E-state index in [2.05, 4.69) is 10.1 Å². The molecule has 0 aromatic carbocycles. The van der Waals surface area contributed by atoms with Gasteiger partial charge in [0.05, 0.1) is 7.11 Å². The summed E-state index contributed by atoms with van der Waals surface area (Å²) in [5.41, 5.74) is -2.57. The SMILES string of the molecule is COC(=O)[C@@]1(C(F)(F)F)CC=CCN1. The van der Waals surface area contributed by atoms with E-state index in [4.69, 9.17) is 0 Å². The topological polar surface area (TPSA) is 38.3 Å². The highest BCUT2D eigenvalue weighted by Gasteiger charge is 2.60. The van der Waals surface area contributed by atoms with Crippen LogP contribution in [0, 0.1) is 0 Å². The monoisotopic (exact) mass is 209 g/mol. The Labute approximate surface area is 78.9 Å². The number of alkyl halides is 3. The van der Waals surface area contributed by atoms with Crippen LogP contribution in [0.4, 0.5) is 13.2 Å². The van der Waals surface area contributed by atoms with Gasteiger partial charge in [0.25, 0.3) is 0 Å². The van der Waals surface area contributed by atoms with Gasteiger partial charge in [-0.15, -0.1) is 0 Å². The smallest absolute Gasteiger partial charge is 0.417 e. The van der Waals surface area contributed by atoms with E-state index in [9.17, 15) is 18.0 Å². The third kappa shape index (κ3) is 1.61. The first-order valence-corrected chi connectivity index (χ1v) is 3.99. The van der Waals surface area contributed by atoms with Crippen molar-refractivity contribution in [1.82, 2.24) is 5.32 Å². The fourth-order valence-electron chi connectivity index (χ4n) is 1.31. The minimum Gasteiger partial charge on any atom is -0.467 e. The van der Waals surface area contributed by atoms with Gasteiger partial charge in [-0.05, 0) is 0 Å². The highest BCUT2D eigenvalue weighted by molar-refractivity contribution is 5.82. The Kier molecular flexibility index (Phi) is 2.84. The van der Waals surface area contributed by atoms with Gasteiger partial charge in [-0.25, -0.2) is 4.79 Å². The van der Waals surface area contributed by atoms with E-state index in [1.807, 2.05) is 0 Å². The highest BCUT2D eigenvalue weighted by Crippen LogP contribution is 2.35. The Morgan fingerprint density at radius 2 is 2.14 bits per heavy atom. The molecule has 1 atom stereocenters. The van der Waals surface area contributed by atoms with Crippen LogP contribution in [0.2, 0.25) is 0 Å². The second-order valence-electron chi connectivity index (χ2n) is 2.95. The van der Waals surface area contributed by atoms with E-state index in [0.717, 1.165) is 7.11 Å². The number of hydrogen-bond donors (Lipinski definition) is 1. The van der Waals surface area contributed by atoms with Crippen LogP contribution < -0.4 is 5.32 Å². The molecule has 0 saturated heterocycles. The lowest BCUT2D eigenvalue weighted by Gasteiger charge is -2.34. The minimum absolute atomic E-state index is 0.00854. The molecule has 3 nitrogen and oxygen atoms in total. The molecule has 14 heavy (non-hydrogen) atoms. The number of esters is 1. The van der Waals surface area contributed by atoms with Crippen LogP contribution in [-0.2, 0) is 9.53 Å². The first kappa shape index (κ1) is 11.0. The summed E-state index contributed by atoms with van der Waals surface area (Å²) >= 11 is 0. The van der Waals surface area contributed by atoms with Gasteiger partial charge in [-0.3, -0.25) is 5.32 Å². The summed E-state index contributed by atoms with van der Waals surface area (Å²) in [6, 6.07) is 0. The van der Waals surface area contributed by atoms with Gasteiger partial charge < -0.3 is 4.74 Å². The van der Waals surface area contributed by atoms with E-state index in [1.54, 1.807) is 0 Å². The predicted octanol–water partition coefficient (Wildman–Crippen LogP) is 1.01. The standard InChI is InChI=1S/C8H10F3NO2/c1-14-6(13)7(8(9,10)11)4-2-3-5-12-7/h2-3,12H,4-5H2,1H3/t7-/m1/s1. The van der Waals surface area contributed by atoms with Crippen LogP contribution in [0.25, 0.3) is 0 Å². The fourth-order valence-corrected chi connectivity index (χ4v) is 1.31. The molecule has 0 fully saturated rings. The van der Waals surface area contributed by atoms with Crippen LogP contribution in [0.3, 0.4) is 0 Å². The van der Waals surface area contributed by atoms with Crippen molar-refractivity contribution in [1.29, 1.82) is 0 Å². The molecule has 0 aromatic rings. The average Bonchev–Trinajstić information content (AvgIpc) is 2.16. The Morgan fingerprint density at radius 3 is 2.50 bits per heavy atom. The van der Waals surface area contributed by atoms with Gasteiger partial charge in [0, 0.05) is 13.0 Å². The van der Waals surface area contributed by atoms with Crippen LogP contribution in [0.1, 0.15) is 6.42 Å². The summed E-state index contributed by atoms with van der Waals surface area (Å²) in [6.07, 6.45) is -2.22. The lowest BCUT2D eigenvalue weighted by Crippen LogP contribution is -2.63. The van der Waals surface area contributed by atoms with Crippen molar-refractivity contribution in [2.45, 2.75) is 18.1 Å². The van der Waals surface area contributed by atoms with Gasteiger partial charge in [-0.2, -0.15) is 13.2 Å². The summed E-state index contributed by atoms with van der Waals surface area (Å²) in [5.74, 6) is -1.30. The number of rotatable bonds is 1. The molecule has 80 valence electrons. The van der Waals surface area contributed by atoms with Crippen LogP contribution in [-0.4, -0.2) is 31.3 Å². The first-order chi connectivity index (χ1) is 6.44. The van der Waals surface area contributed by atoms with Gasteiger partial charge in [0.2, 0.25) is 5.54 Å². The number of methoxy groups -OCH3 is 1. The van der Waals surface area contributed by atoms with E-state index >= 15 is 0 Å². The molecule has 0 aromatic heterocycles. The van der Waals surface area contributed by atoms with Crippen molar-refractivity contribution >= 4 is 5.97 Å². The molecular weight excluding hydrogens is 199 g/mol. The van der Waals surface area contributed by atoms with E-state index in [-0.39, 0.29) is 6.54 Å². The maximum Gasteiger partial charge on any atom is 0.417 e. The summed E-state index contributed by atoms with van der Waals surface area (Å²) in [5, 5.41) is 2.14. The molecule has 1 N–H and O–H groups in total. The quantitative estimate of drug-likeness (QED) is 0.517. The van der Waals surface area contributed by atoms with Crippen molar-refractivity contribution in [3.8, 4) is 0 Å². The van der Waals surface area contributed by atoms with Crippen molar-refractivity contribution in [3.05, 3.63) is 12.2 Å². The van der Waals surface area contributed by atoms with Gasteiger partial charge in [0.15, 0.2) is 0 Å². The number of carbonyl (C=O) groups is 1. The van der Waals surface area contributed by atoms with E-state index < -0.39 is 24.1 Å². The summed E-state index contributed by atoms with van der Waals surface area (Å²) < 4.78 is 42.1.